The second-order valence-electron chi connectivity index (χ2n) is 12.8. The van der Waals surface area contributed by atoms with Crippen molar-refractivity contribution in [3.8, 4) is 5.69 Å². The summed E-state index contributed by atoms with van der Waals surface area (Å²) in [6.45, 7) is 0.611. The molecule has 50 heavy (non-hydrogen) atoms. The minimum atomic E-state index is 0.0758. The van der Waals surface area contributed by atoms with Gasteiger partial charge in [-0.2, -0.15) is 0 Å². The van der Waals surface area contributed by atoms with E-state index in [2.05, 4.69) is 184 Å². The van der Waals surface area contributed by atoms with Crippen LogP contribution in [0, 0.1) is 0 Å². The summed E-state index contributed by atoms with van der Waals surface area (Å²) in [6, 6.07) is 61.9. The molecule has 0 radical (unpaired) electrons. The van der Waals surface area contributed by atoms with Crippen molar-refractivity contribution in [1.29, 1.82) is 0 Å². The Morgan fingerprint density at radius 2 is 0.880 bits per heavy atom. The molecule has 8 aromatic rings. The molecule has 2 heterocycles. The van der Waals surface area contributed by atoms with E-state index in [1.54, 1.807) is 4.90 Å². The van der Waals surface area contributed by atoms with Gasteiger partial charge in [0.05, 0.1) is 11.0 Å². The topological polar surface area (TPSA) is 31.7 Å². The van der Waals surface area contributed by atoms with Crippen molar-refractivity contribution >= 4 is 61.8 Å². The fraction of sp³-hybridized carbons (Fsp3) is 0.0444. The Hall–Kier alpha value is -6.59. The van der Waals surface area contributed by atoms with Crippen molar-refractivity contribution in [3.05, 3.63) is 187 Å². The van der Waals surface area contributed by atoms with Crippen LogP contribution < -0.4 is 9.80 Å². The summed E-state index contributed by atoms with van der Waals surface area (Å²) in [6.07, 6.45) is 0. The molecule has 5 nitrogen and oxygen atoms in total. The number of anilines is 6. The molecule has 1 amide bonds. The van der Waals surface area contributed by atoms with Crippen LogP contribution in [0.5, 0.6) is 0 Å². The summed E-state index contributed by atoms with van der Waals surface area (Å²) in [4.78, 5) is 19.2. The Labute approximate surface area is 291 Å². The number of carbonyl (C=O) groups is 1. The lowest BCUT2D eigenvalue weighted by molar-refractivity contribution is 0.0816. The number of para-hydroxylation sites is 4. The van der Waals surface area contributed by atoms with E-state index < -0.39 is 0 Å². The zero-order valence-corrected chi connectivity index (χ0v) is 27.6. The Morgan fingerprint density at radius 1 is 0.460 bits per heavy atom. The number of hydrogen-bond donors (Lipinski definition) is 0. The third-order valence-electron chi connectivity index (χ3n) is 9.64. The highest BCUT2D eigenvalue weighted by atomic mass is 16.2. The largest absolute Gasteiger partial charge is 0.337 e. The lowest BCUT2D eigenvalue weighted by Gasteiger charge is -2.26. The first-order valence-corrected chi connectivity index (χ1v) is 16.9. The van der Waals surface area contributed by atoms with Gasteiger partial charge in [0.1, 0.15) is 0 Å². The van der Waals surface area contributed by atoms with E-state index in [-0.39, 0.29) is 5.91 Å². The molecule has 0 saturated heterocycles. The van der Waals surface area contributed by atoms with Crippen LogP contribution in [0.1, 0.15) is 15.9 Å². The van der Waals surface area contributed by atoms with E-state index in [4.69, 9.17) is 0 Å². The number of rotatable bonds is 7. The van der Waals surface area contributed by atoms with Crippen molar-refractivity contribution < 1.29 is 4.79 Å². The molecular formula is C45H34N4O. The molecule has 0 spiro atoms. The third kappa shape index (κ3) is 4.99. The molecule has 7 aromatic carbocycles. The second kappa shape index (κ2) is 12.1. The van der Waals surface area contributed by atoms with Gasteiger partial charge in [0.2, 0.25) is 0 Å². The molecule has 240 valence electrons. The quantitative estimate of drug-likeness (QED) is 0.173. The fourth-order valence-corrected chi connectivity index (χ4v) is 7.35. The Morgan fingerprint density at radius 3 is 1.30 bits per heavy atom. The molecule has 0 fully saturated rings. The first kappa shape index (κ1) is 29.5. The van der Waals surface area contributed by atoms with Crippen LogP contribution in [0.2, 0.25) is 0 Å². The molecule has 0 atom stereocenters. The van der Waals surface area contributed by atoms with Crippen molar-refractivity contribution in [2.45, 2.75) is 6.54 Å². The van der Waals surface area contributed by atoms with Gasteiger partial charge in [0, 0.05) is 69.7 Å². The van der Waals surface area contributed by atoms with Crippen molar-refractivity contribution in [2.24, 2.45) is 0 Å². The van der Waals surface area contributed by atoms with E-state index in [1.807, 2.05) is 13.1 Å². The molecule has 5 heteroatoms. The molecule has 9 rings (SSSR count). The summed E-state index contributed by atoms with van der Waals surface area (Å²) >= 11 is 0. The van der Waals surface area contributed by atoms with Crippen LogP contribution in [-0.2, 0) is 6.54 Å². The number of amides is 1. The predicted octanol–water partition coefficient (Wildman–Crippen LogP) is 11.3. The summed E-state index contributed by atoms with van der Waals surface area (Å²) in [5.74, 6) is 0.0758. The Balaban J connectivity index is 1.30. The maximum absolute atomic E-state index is 12.8. The minimum absolute atomic E-state index is 0.0758. The molecule has 0 unspecified atom stereocenters. The molecule has 1 aliphatic rings. The number of aromatic nitrogens is 1. The lowest BCUT2D eigenvalue weighted by Crippen LogP contribution is -2.17. The highest BCUT2D eigenvalue weighted by molar-refractivity contribution is 6.12. The molecule has 0 aliphatic carbocycles. The predicted molar refractivity (Wildman–Crippen MR) is 206 cm³/mol. The number of benzene rings is 7. The number of nitrogens with zero attached hydrogens (tertiary/aromatic N) is 4. The van der Waals surface area contributed by atoms with Gasteiger partial charge in [-0.15, -0.1) is 0 Å². The standard InChI is InChI=1S/C45H34N4O/c1-46-31-32-28-37(22-25-40(32)45(46)50)49-43-26-23-38(47(33-14-6-2-7-15-33)34-16-8-3-9-17-34)29-41(43)42-30-39(24-27-44(42)49)48(35-18-10-4-11-19-35)36-20-12-5-13-21-36/h2-30H,31H2,1H3. The van der Waals surface area contributed by atoms with Crippen LogP contribution in [0.4, 0.5) is 34.1 Å². The van der Waals surface area contributed by atoms with Gasteiger partial charge >= 0.3 is 0 Å². The van der Waals surface area contributed by atoms with E-state index in [0.717, 1.165) is 72.7 Å². The van der Waals surface area contributed by atoms with Crippen molar-refractivity contribution in [3.63, 3.8) is 0 Å². The number of carbonyl (C=O) groups excluding carboxylic acids is 1. The average Bonchev–Trinajstić information content (AvgIpc) is 3.65. The van der Waals surface area contributed by atoms with E-state index >= 15 is 0 Å². The van der Waals surface area contributed by atoms with E-state index in [0.29, 0.717) is 6.54 Å². The van der Waals surface area contributed by atoms with E-state index in [9.17, 15) is 4.79 Å². The maximum atomic E-state index is 12.8. The number of hydrogen-bond acceptors (Lipinski definition) is 3. The smallest absolute Gasteiger partial charge is 0.254 e. The van der Waals surface area contributed by atoms with E-state index in [1.165, 1.54) is 0 Å². The summed E-state index contributed by atoms with van der Waals surface area (Å²) in [7, 11) is 1.86. The van der Waals surface area contributed by atoms with Crippen LogP contribution in [-0.4, -0.2) is 22.4 Å². The molecule has 1 aliphatic heterocycles. The minimum Gasteiger partial charge on any atom is -0.337 e. The third-order valence-corrected chi connectivity index (χ3v) is 9.64. The van der Waals surface area contributed by atoms with Crippen LogP contribution in [0.25, 0.3) is 27.5 Å². The monoisotopic (exact) mass is 646 g/mol. The summed E-state index contributed by atoms with van der Waals surface area (Å²) in [5, 5.41) is 2.29. The summed E-state index contributed by atoms with van der Waals surface area (Å²) < 4.78 is 2.34. The maximum Gasteiger partial charge on any atom is 0.254 e. The van der Waals surface area contributed by atoms with Crippen LogP contribution >= 0.6 is 0 Å². The fourth-order valence-electron chi connectivity index (χ4n) is 7.35. The van der Waals surface area contributed by atoms with Gasteiger partial charge in [0.25, 0.3) is 5.91 Å². The zero-order valence-electron chi connectivity index (χ0n) is 27.6. The van der Waals surface area contributed by atoms with Gasteiger partial charge in [-0.05, 0) is 109 Å². The Bertz CT molecular complexity index is 2270. The van der Waals surface area contributed by atoms with Gasteiger partial charge in [0.15, 0.2) is 0 Å². The second-order valence-corrected chi connectivity index (χ2v) is 12.8. The average molecular weight is 647 g/mol. The SMILES string of the molecule is CN1Cc2cc(-n3c4ccc(N(c5ccccc5)c5ccccc5)cc4c4cc(N(c5ccccc5)c5ccccc5)ccc43)ccc2C1=O. The van der Waals surface area contributed by atoms with Gasteiger partial charge in [-0.1, -0.05) is 72.8 Å². The molecular weight excluding hydrogens is 613 g/mol. The normalized spacial score (nSPS) is 12.4. The highest BCUT2D eigenvalue weighted by Crippen LogP contribution is 2.43. The summed E-state index contributed by atoms with van der Waals surface area (Å²) in [5.41, 5.74) is 11.6. The zero-order chi connectivity index (χ0) is 33.6. The van der Waals surface area contributed by atoms with Crippen LogP contribution in [0.3, 0.4) is 0 Å². The molecule has 0 bridgehead atoms. The molecule has 1 aromatic heterocycles. The first-order valence-electron chi connectivity index (χ1n) is 16.9. The van der Waals surface area contributed by atoms with Crippen molar-refractivity contribution in [2.75, 3.05) is 16.8 Å². The Kier molecular flexibility index (Phi) is 7.17. The van der Waals surface area contributed by atoms with Crippen molar-refractivity contribution in [1.82, 2.24) is 9.47 Å². The van der Waals surface area contributed by atoms with Gasteiger partial charge in [-0.3, -0.25) is 4.79 Å². The number of fused-ring (bicyclic) bond motifs is 4. The van der Waals surface area contributed by atoms with Gasteiger partial charge < -0.3 is 19.3 Å². The van der Waals surface area contributed by atoms with Gasteiger partial charge in [-0.25, -0.2) is 0 Å². The van der Waals surface area contributed by atoms with Crippen LogP contribution in [0.15, 0.2) is 176 Å². The highest BCUT2D eigenvalue weighted by Gasteiger charge is 2.26. The molecule has 0 N–H and O–H groups in total. The molecule has 0 saturated carbocycles. The lowest BCUT2D eigenvalue weighted by atomic mass is 10.1. The first-order chi connectivity index (χ1) is 24.6.